The standard InChI is InChI=1S/C32H45IN2O7/c1-5-6-7-28(38)35(17-20-8-9-22-16-23(20)32(22,2)3)25-14-21(31(40)34-10-11-36)15-26(29(25)39)42-30-24(33)12-19(18-37)13-27(30)41-4/h5,12-13,15,20,22-23,25-26,29,36-37,39H,1,6-11,14,16-18H2,2-4H3,(H,34,40)/t20-,22-,23-,25+,26-,29-/m0/s1. The lowest BCUT2D eigenvalue weighted by Crippen LogP contribution is -2.59. The minimum Gasteiger partial charge on any atom is -0.493 e. The highest BCUT2D eigenvalue weighted by molar-refractivity contribution is 14.1. The minimum absolute atomic E-state index is 0.0755. The van der Waals surface area contributed by atoms with Gasteiger partial charge in [-0.15, -0.1) is 6.58 Å². The molecule has 0 saturated heterocycles. The molecule has 0 unspecified atom stereocenters. The van der Waals surface area contributed by atoms with Crippen molar-refractivity contribution in [2.24, 2.45) is 23.2 Å². The summed E-state index contributed by atoms with van der Waals surface area (Å²) < 4.78 is 12.6. The van der Waals surface area contributed by atoms with E-state index in [0.717, 1.165) is 18.8 Å². The first kappa shape index (κ1) is 32.8. The number of methoxy groups -OCH3 is 1. The molecular weight excluding hydrogens is 651 g/mol. The zero-order valence-electron chi connectivity index (χ0n) is 24.9. The molecular formula is C32H45IN2O7. The Kier molecular flexibility index (Phi) is 11.0. The Balaban J connectivity index is 1.69. The van der Waals surface area contributed by atoms with E-state index in [4.69, 9.17) is 9.47 Å². The quantitative estimate of drug-likeness (QED) is 0.184. The first-order chi connectivity index (χ1) is 20.0. The molecule has 0 spiro atoms. The zero-order chi connectivity index (χ0) is 30.6. The third-order valence-electron chi connectivity index (χ3n) is 9.66. The number of amides is 2. The van der Waals surface area contributed by atoms with E-state index in [1.165, 1.54) is 13.5 Å². The summed E-state index contributed by atoms with van der Waals surface area (Å²) in [5.74, 6) is 1.88. The van der Waals surface area contributed by atoms with Crippen LogP contribution in [0.25, 0.3) is 0 Å². The van der Waals surface area contributed by atoms with Crippen molar-refractivity contribution in [1.82, 2.24) is 10.2 Å². The molecule has 2 bridgehead atoms. The van der Waals surface area contributed by atoms with E-state index in [-0.39, 0.29) is 49.8 Å². The maximum atomic E-state index is 13.8. The van der Waals surface area contributed by atoms with Crippen molar-refractivity contribution in [2.45, 2.75) is 77.2 Å². The number of nitrogens with zero attached hydrogens (tertiary/aromatic N) is 1. The molecule has 232 valence electrons. The van der Waals surface area contributed by atoms with Gasteiger partial charge in [-0.25, -0.2) is 0 Å². The van der Waals surface area contributed by atoms with Gasteiger partial charge in [-0.3, -0.25) is 9.59 Å². The number of carbonyl (C=O) groups is 2. The molecule has 1 aromatic carbocycles. The minimum atomic E-state index is -1.11. The Labute approximate surface area is 262 Å². The summed E-state index contributed by atoms with van der Waals surface area (Å²) in [5, 5.41) is 33.5. The molecule has 3 saturated carbocycles. The van der Waals surface area contributed by atoms with Crippen LogP contribution in [0.3, 0.4) is 0 Å². The van der Waals surface area contributed by atoms with E-state index in [1.54, 1.807) is 29.2 Å². The van der Waals surface area contributed by atoms with Gasteiger partial charge < -0.3 is 35.0 Å². The van der Waals surface area contributed by atoms with E-state index in [9.17, 15) is 24.9 Å². The van der Waals surface area contributed by atoms with Crippen LogP contribution in [0, 0.1) is 26.7 Å². The summed E-state index contributed by atoms with van der Waals surface area (Å²) in [6, 6.07) is 2.75. The second kappa shape index (κ2) is 14.1. The molecule has 5 rings (SSSR count). The lowest BCUT2D eigenvalue weighted by atomic mass is 9.45. The number of carbonyl (C=O) groups excluding carboxylic acids is 2. The molecule has 4 aliphatic rings. The molecule has 42 heavy (non-hydrogen) atoms. The van der Waals surface area contributed by atoms with Gasteiger partial charge in [0, 0.05) is 31.5 Å². The molecule has 0 aliphatic heterocycles. The number of fused-ring (bicyclic) bond motifs is 2. The summed E-state index contributed by atoms with van der Waals surface area (Å²) in [6.45, 7) is 8.66. The van der Waals surface area contributed by atoms with E-state index in [2.05, 4.69) is 48.3 Å². The number of ether oxygens (including phenoxy) is 2. The second-order valence-electron chi connectivity index (χ2n) is 12.4. The Hall–Kier alpha value is -2.15. The van der Waals surface area contributed by atoms with Gasteiger partial charge in [0.25, 0.3) is 0 Å². The second-order valence-corrected chi connectivity index (χ2v) is 13.5. The molecule has 0 heterocycles. The molecule has 1 aromatic rings. The van der Waals surface area contributed by atoms with Crippen molar-refractivity contribution in [1.29, 1.82) is 0 Å². The number of hydrogen-bond donors (Lipinski definition) is 4. The predicted octanol–water partition coefficient (Wildman–Crippen LogP) is 3.57. The lowest BCUT2D eigenvalue weighted by molar-refractivity contribution is -0.148. The molecule has 3 fully saturated rings. The molecule has 0 aromatic heterocycles. The van der Waals surface area contributed by atoms with Crippen molar-refractivity contribution in [3.05, 3.63) is 45.6 Å². The van der Waals surface area contributed by atoms with Gasteiger partial charge in [0.05, 0.1) is 29.9 Å². The number of halogens is 1. The Morgan fingerprint density at radius 1 is 1.26 bits per heavy atom. The van der Waals surface area contributed by atoms with E-state index in [1.807, 2.05) is 0 Å². The summed E-state index contributed by atoms with van der Waals surface area (Å²) in [6.07, 6.45) is 5.56. The van der Waals surface area contributed by atoms with Crippen molar-refractivity contribution in [3.63, 3.8) is 0 Å². The number of benzene rings is 1. The molecule has 9 nitrogen and oxygen atoms in total. The Bertz CT molecular complexity index is 1180. The lowest BCUT2D eigenvalue weighted by Gasteiger charge is -2.61. The fourth-order valence-corrected chi connectivity index (χ4v) is 7.91. The van der Waals surface area contributed by atoms with Gasteiger partial charge in [-0.1, -0.05) is 19.9 Å². The van der Waals surface area contributed by atoms with Crippen molar-refractivity contribution < 1.29 is 34.4 Å². The first-order valence-corrected chi connectivity index (χ1v) is 16.0. The summed E-state index contributed by atoms with van der Waals surface area (Å²) in [5.41, 5.74) is 1.27. The number of nitrogens with one attached hydrogen (secondary N) is 1. The number of allylic oxidation sites excluding steroid dienone is 1. The maximum Gasteiger partial charge on any atom is 0.247 e. The van der Waals surface area contributed by atoms with Crippen LogP contribution in [0.1, 0.15) is 57.9 Å². The normalized spacial score (nSPS) is 27.7. The number of rotatable bonds is 13. The molecule has 0 radical (unpaired) electrons. The molecule has 2 amide bonds. The fourth-order valence-electron chi connectivity index (χ4n) is 7.12. The molecule has 4 aliphatic carbocycles. The topological polar surface area (TPSA) is 129 Å². The highest BCUT2D eigenvalue weighted by atomic mass is 127. The summed E-state index contributed by atoms with van der Waals surface area (Å²) >= 11 is 2.09. The molecule has 6 atom stereocenters. The number of aliphatic hydroxyl groups excluding tert-OH is 3. The number of aliphatic hydroxyl groups is 3. The largest absolute Gasteiger partial charge is 0.493 e. The zero-order valence-corrected chi connectivity index (χ0v) is 27.0. The maximum absolute atomic E-state index is 13.8. The van der Waals surface area contributed by atoms with Crippen LogP contribution in [-0.4, -0.2) is 77.1 Å². The average Bonchev–Trinajstić information content (AvgIpc) is 2.99. The van der Waals surface area contributed by atoms with Gasteiger partial charge in [0.2, 0.25) is 11.8 Å². The smallest absolute Gasteiger partial charge is 0.247 e. The van der Waals surface area contributed by atoms with Crippen molar-refractivity contribution >= 4 is 34.4 Å². The Morgan fingerprint density at radius 2 is 2.02 bits per heavy atom. The number of hydrogen-bond acceptors (Lipinski definition) is 7. The third kappa shape index (κ3) is 6.81. The van der Waals surface area contributed by atoms with Crippen LogP contribution in [0.4, 0.5) is 0 Å². The van der Waals surface area contributed by atoms with Crippen LogP contribution in [0.15, 0.2) is 36.4 Å². The highest BCUT2D eigenvalue weighted by Gasteiger charge is 2.55. The average molecular weight is 697 g/mol. The van der Waals surface area contributed by atoms with Gasteiger partial charge in [0.15, 0.2) is 11.5 Å². The summed E-state index contributed by atoms with van der Waals surface area (Å²) in [7, 11) is 1.50. The van der Waals surface area contributed by atoms with Gasteiger partial charge >= 0.3 is 0 Å². The van der Waals surface area contributed by atoms with Crippen molar-refractivity contribution in [2.75, 3.05) is 26.8 Å². The van der Waals surface area contributed by atoms with E-state index >= 15 is 0 Å². The van der Waals surface area contributed by atoms with Gasteiger partial charge in [0.1, 0.15) is 12.2 Å². The summed E-state index contributed by atoms with van der Waals surface area (Å²) in [4.78, 5) is 28.7. The first-order valence-electron chi connectivity index (χ1n) is 14.9. The van der Waals surface area contributed by atoms with Gasteiger partial charge in [-0.05, 0) is 95.2 Å². The Morgan fingerprint density at radius 3 is 2.64 bits per heavy atom. The van der Waals surface area contributed by atoms with Crippen molar-refractivity contribution in [3.8, 4) is 11.5 Å². The molecule has 10 heteroatoms. The van der Waals surface area contributed by atoms with E-state index in [0.29, 0.717) is 51.0 Å². The fraction of sp³-hybridized carbons (Fsp3) is 0.625. The van der Waals surface area contributed by atoms with Crippen LogP contribution in [0.2, 0.25) is 0 Å². The van der Waals surface area contributed by atoms with Crippen LogP contribution in [0.5, 0.6) is 11.5 Å². The highest BCUT2D eigenvalue weighted by Crippen LogP contribution is 2.61. The van der Waals surface area contributed by atoms with Gasteiger partial charge in [-0.2, -0.15) is 0 Å². The van der Waals surface area contributed by atoms with Crippen LogP contribution in [-0.2, 0) is 16.2 Å². The van der Waals surface area contributed by atoms with E-state index < -0.39 is 18.2 Å². The molecule has 4 N–H and O–H groups in total. The third-order valence-corrected chi connectivity index (χ3v) is 10.5. The predicted molar refractivity (Wildman–Crippen MR) is 168 cm³/mol. The van der Waals surface area contributed by atoms with Crippen LogP contribution < -0.4 is 14.8 Å². The monoisotopic (exact) mass is 696 g/mol. The SMILES string of the molecule is C=CCCC(=O)N(C[C@@H]1CC[C@H]2C[C@@H]1C2(C)C)[C@@H]1CC(C(=O)NCCO)=C[C@H](Oc2c(I)cc(CO)cc2OC)[C@H]1O. The van der Waals surface area contributed by atoms with Crippen LogP contribution >= 0.6 is 22.6 Å².